The first-order valence-electron chi connectivity index (χ1n) is 6.39. The van der Waals surface area contributed by atoms with Gasteiger partial charge in [0.25, 0.3) is 0 Å². The molecular weight excluding hydrogens is 279 g/mol. The molecule has 0 aliphatic rings. The van der Waals surface area contributed by atoms with Crippen LogP contribution in [-0.4, -0.2) is 20.8 Å². The number of benzene rings is 1. The molecular formula is C13H17FN4OS. The molecule has 5 nitrogen and oxygen atoms in total. The topological polar surface area (TPSA) is 76.7 Å². The van der Waals surface area contributed by atoms with Crippen molar-refractivity contribution >= 4 is 11.8 Å². The monoisotopic (exact) mass is 296 g/mol. The summed E-state index contributed by atoms with van der Waals surface area (Å²) < 4.78 is 15.4. The van der Waals surface area contributed by atoms with Gasteiger partial charge in [0.2, 0.25) is 0 Å². The number of aromatic nitrogens is 3. The van der Waals surface area contributed by atoms with E-state index in [4.69, 9.17) is 5.73 Å². The van der Waals surface area contributed by atoms with Crippen LogP contribution in [0.15, 0.2) is 33.0 Å². The van der Waals surface area contributed by atoms with E-state index in [1.807, 2.05) is 19.9 Å². The zero-order valence-electron chi connectivity index (χ0n) is 11.4. The lowest BCUT2D eigenvalue weighted by molar-refractivity contribution is 0.588. The highest BCUT2D eigenvalue weighted by molar-refractivity contribution is 7.99. The minimum absolute atomic E-state index is 0.140. The third kappa shape index (κ3) is 3.10. The molecule has 1 unspecified atom stereocenters. The van der Waals surface area contributed by atoms with Gasteiger partial charge in [-0.25, -0.2) is 14.3 Å². The molecule has 1 atom stereocenters. The molecule has 7 heteroatoms. The number of halogens is 1. The Labute approximate surface area is 120 Å². The number of H-pyrrole nitrogens is 1. The summed E-state index contributed by atoms with van der Waals surface area (Å²) in [5.74, 6) is -0.284. The Morgan fingerprint density at radius 3 is 2.95 bits per heavy atom. The smallest absolute Gasteiger partial charge is 0.328 e. The number of aromatic amines is 1. The molecule has 0 aliphatic heterocycles. The first kappa shape index (κ1) is 14.8. The molecule has 1 aromatic carbocycles. The normalized spacial score (nSPS) is 12.6. The van der Waals surface area contributed by atoms with Crippen molar-refractivity contribution in [2.75, 3.05) is 0 Å². The van der Waals surface area contributed by atoms with Crippen LogP contribution < -0.4 is 11.4 Å². The SMILES string of the molecule is CCn1c(Sc2cccc(F)c2CC(C)N)n[nH]c1=O. The van der Waals surface area contributed by atoms with Gasteiger partial charge in [0.15, 0.2) is 5.16 Å². The van der Waals surface area contributed by atoms with Gasteiger partial charge in [-0.3, -0.25) is 4.57 Å². The van der Waals surface area contributed by atoms with Crippen molar-refractivity contribution in [3.05, 3.63) is 40.1 Å². The fourth-order valence-electron chi connectivity index (χ4n) is 1.91. The van der Waals surface area contributed by atoms with Crippen molar-refractivity contribution in [2.45, 2.75) is 42.9 Å². The second kappa shape index (κ2) is 6.23. The van der Waals surface area contributed by atoms with Crippen molar-refractivity contribution in [3.63, 3.8) is 0 Å². The van der Waals surface area contributed by atoms with Gasteiger partial charge in [-0.1, -0.05) is 6.07 Å². The van der Waals surface area contributed by atoms with Gasteiger partial charge in [0.05, 0.1) is 0 Å². The fourth-order valence-corrected chi connectivity index (χ4v) is 2.97. The van der Waals surface area contributed by atoms with E-state index in [-0.39, 0.29) is 17.5 Å². The molecule has 2 rings (SSSR count). The number of nitrogens with zero attached hydrogens (tertiary/aromatic N) is 2. The maximum absolute atomic E-state index is 13.9. The highest BCUT2D eigenvalue weighted by atomic mass is 32.2. The molecule has 2 aromatic rings. The minimum atomic E-state index is -0.284. The van der Waals surface area contributed by atoms with E-state index in [0.29, 0.717) is 23.7 Å². The molecule has 0 spiro atoms. The summed E-state index contributed by atoms with van der Waals surface area (Å²) in [5.41, 5.74) is 6.06. The maximum Gasteiger partial charge on any atom is 0.343 e. The van der Waals surface area contributed by atoms with Crippen LogP contribution in [0.4, 0.5) is 4.39 Å². The second-order valence-electron chi connectivity index (χ2n) is 4.56. The third-order valence-electron chi connectivity index (χ3n) is 2.84. The molecule has 0 saturated carbocycles. The Morgan fingerprint density at radius 1 is 1.55 bits per heavy atom. The molecule has 0 radical (unpaired) electrons. The van der Waals surface area contributed by atoms with Gasteiger partial charge in [-0.15, -0.1) is 5.10 Å². The Bertz CT molecular complexity index is 650. The van der Waals surface area contributed by atoms with Crippen LogP contribution in [0, 0.1) is 5.82 Å². The average molecular weight is 296 g/mol. The van der Waals surface area contributed by atoms with Crippen molar-refractivity contribution < 1.29 is 4.39 Å². The lowest BCUT2D eigenvalue weighted by atomic mass is 10.1. The van der Waals surface area contributed by atoms with Gasteiger partial charge in [-0.2, -0.15) is 0 Å². The van der Waals surface area contributed by atoms with E-state index in [0.717, 1.165) is 4.90 Å². The van der Waals surface area contributed by atoms with Crippen molar-refractivity contribution in [3.8, 4) is 0 Å². The predicted molar refractivity (Wildman–Crippen MR) is 76.4 cm³/mol. The fraction of sp³-hybridized carbons (Fsp3) is 0.385. The van der Waals surface area contributed by atoms with E-state index in [9.17, 15) is 9.18 Å². The highest BCUT2D eigenvalue weighted by Gasteiger charge is 2.15. The van der Waals surface area contributed by atoms with Crippen LogP contribution >= 0.6 is 11.8 Å². The van der Waals surface area contributed by atoms with Crippen LogP contribution in [0.2, 0.25) is 0 Å². The lowest BCUT2D eigenvalue weighted by Gasteiger charge is -2.12. The summed E-state index contributed by atoms with van der Waals surface area (Å²) in [6, 6.07) is 4.73. The average Bonchev–Trinajstić information content (AvgIpc) is 2.73. The molecule has 20 heavy (non-hydrogen) atoms. The highest BCUT2D eigenvalue weighted by Crippen LogP contribution is 2.30. The van der Waals surface area contributed by atoms with Crippen molar-refractivity contribution in [1.29, 1.82) is 0 Å². The summed E-state index contributed by atoms with van der Waals surface area (Å²) in [4.78, 5) is 12.3. The quantitative estimate of drug-likeness (QED) is 0.881. The van der Waals surface area contributed by atoms with Crippen LogP contribution in [0.1, 0.15) is 19.4 Å². The Balaban J connectivity index is 2.38. The summed E-state index contributed by atoms with van der Waals surface area (Å²) in [7, 11) is 0. The van der Waals surface area contributed by atoms with Crippen LogP contribution in [-0.2, 0) is 13.0 Å². The van der Waals surface area contributed by atoms with Gasteiger partial charge in [0, 0.05) is 23.0 Å². The lowest BCUT2D eigenvalue weighted by Crippen LogP contribution is -2.19. The first-order chi connectivity index (χ1) is 9.52. The number of nitrogens with two attached hydrogens (primary N) is 1. The van der Waals surface area contributed by atoms with Crippen molar-refractivity contribution in [2.24, 2.45) is 5.73 Å². The van der Waals surface area contributed by atoms with Gasteiger partial charge in [0.1, 0.15) is 5.82 Å². The predicted octanol–water partition coefficient (Wildman–Crippen LogP) is 1.77. The molecule has 0 saturated heterocycles. The molecule has 0 bridgehead atoms. The largest absolute Gasteiger partial charge is 0.343 e. The molecule has 108 valence electrons. The second-order valence-corrected chi connectivity index (χ2v) is 5.56. The van der Waals surface area contributed by atoms with E-state index in [1.54, 1.807) is 6.07 Å². The number of nitrogens with one attached hydrogen (secondary N) is 1. The molecule has 1 heterocycles. The number of rotatable bonds is 5. The van der Waals surface area contributed by atoms with E-state index >= 15 is 0 Å². The van der Waals surface area contributed by atoms with Gasteiger partial charge in [-0.05, 0) is 44.2 Å². The van der Waals surface area contributed by atoms with Crippen molar-refractivity contribution in [1.82, 2.24) is 14.8 Å². The summed E-state index contributed by atoms with van der Waals surface area (Å²) >= 11 is 1.27. The zero-order chi connectivity index (χ0) is 14.7. The van der Waals surface area contributed by atoms with E-state index in [1.165, 1.54) is 22.4 Å². The molecule has 0 amide bonds. The maximum atomic E-state index is 13.9. The first-order valence-corrected chi connectivity index (χ1v) is 7.20. The van der Waals surface area contributed by atoms with E-state index < -0.39 is 0 Å². The molecule has 3 N–H and O–H groups in total. The zero-order valence-corrected chi connectivity index (χ0v) is 12.2. The Hall–Kier alpha value is -1.60. The van der Waals surface area contributed by atoms with Crippen LogP contribution in [0.5, 0.6) is 0 Å². The summed E-state index contributed by atoms with van der Waals surface area (Å²) in [6.45, 7) is 4.20. The molecule has 0 aliphatic carbocycles. The summed E-state index contributed by atoms with van der Waals surface area (Å²) in [5, 5.41) is 6.89. The molecule has 0 fully saturated rings. The molecule has 1 aromatic heterocycles. The van der Waals surface area contributed by atoms with Crippen LogP contribution in [0.3, 0.4) is 0 Å². The third-order valence-corrected chi connectivity index (χ3v) is 3.94. The summed E-state index contributed by atoms with van der Waals surface area (Å²) in [6.07, 6.45) is 0.440. The van der Waals surface area contributed by atoms with E-state index in [2.05, 4.69) is 10.2 Å². The van der Waals surface area contributed by atoms with Gasteiger partial charge < -0.3 is 5.73 Å². The number of hydrogen-bond donors (Lipinski definition) is 2. The number of hydrogen-bond acceptors (Lipinski definition) is 4. The van der Waals surface area contributed by atoms with Gasteiger partial charge >= 0.3 is 5.69 Å². The Kier molecular flexibility index (Phi) is 4.61. The Morgan fingerprint density at radius 2 is 2.30 bits per heavy atom. The standard InChI is InChI=1S/C13H17FN4OS/c1-3-18-12(19)16-17-13(18)20-11-6-4-5-10(14)9(11)7-8(2)15/h4-6,8H,3,7,15H2,1-2H3,(H,16,19). The van der Waals surface area contributed by atoms with Crippen LogP contribution in [0.25, 0.3) is 0 Å². The minimum Gasteiger partial charge on any atom is -0.328 e.